The second-order valence-electron chi connectivity index (χ2n) is 13.5. The number of rotatable bonds is 14. The highest BCUT2D eigenvalue weighted by Crippen LogP contribution is 2.64. The summed E-state index contributed by atoms with van der Waals surface area (Å²) >= 11 is 0. The molecule has 252 valence electrons. The fraction of sp³-hybridized carbons (Fsp3) is 0.500. The van der Waals surface area contributed by atoms with Crippen LogP contribution in [0.5, 0.6) is 0 Å². The third-order valence-electron chi connectivity index (χ3n) is 10.5. The summed E-state index contributed by atoms with van der Waals surface area (Å²) in [5, 5.41) is 10.7. The Balaban J connectivity index is 1.61. The molecular weight excluding hydrogens is 592 g/mol. The minimum absolute atomic E-state index is 0.154. The van der Waals surface area contributed by atoms with E-state index in [2.05, 4.69) is 31.9 Å². The first-order valence-corrected chi connectivity index (χ1v) is 16.9. The Morgan fingerprint density at radius 3 is 2.02 bits per heavy atom. The van der Waals surface area contributed by atoms with Crippen molar-refractivity contribution in [3.63, 3.8) is 0 Å². The van der Waals surface area contributed by atoms with Gasteiger partial charge in [-0.15, -0.1) is 13.2 Å². The van der Waals surface area contributed by atoms with E-state index < -0.39 is 35.1 Å². The highest BCUT2D eigenvalue weighted by atomic mass is 16.5. The minimum atomic E-state index is -1.23. The highest BCUT2D eigenvalue weighted by molar-refractivity contribution is 6.07. The van der Waals surface area contributed by atoms with Gasteiger partial charge in [-0.25, -0.2) is 0 Å². The molecule has 3 aliphatic heterocycles. The first-order valence-electron chi connectivity index (χ1n) is 16.9. The van der Waals surface area contributed by atoms with Crippen molar-refractivity contribution in [3.05, 3.63) is 79.9 Å². The van der Waals surface area contributed by atoms with Gasteiger partial charge in [0, 0.05) is 43.2 Å². The number of hydrogen-bond donors (Lipinski definition) is 1. The van der Waals surface area contributed by atoms with Gasteiger partial charge < -0.3 is 29.4 Å². The number of anilines is 3. The van der Waals surface area contributed by atoms with Crippen LogP contribution in [-0.2, 0) is 19.1 Å². The number of hydrogen-bond acceptors (Lipinski definition) is 6. The number of aliphatic hydroxyl groups is 1. The maximum absolute atomic E-state index is 15.0. The van der Waals surface area contributed by atoms with E-state index in [-0.39, 0.29) is 43.3 Å². The van der Waals surface area contributed by atoms with E-state index in [0.717, 1.165) is 18.8 Å². The number of carbonyl (C=O) groups excluding carboxylic acids is 3. The summed E-state index contributed by atoms with van der Waals surface area (Å²) in [6.45, 7) is 19.6. The van der Waals surface area contributed by atoms with E-state index in [0.29, 0.717) is 24.2 Å². The number of amides is 3. The molecular formula is C38H50N4O5. The fourth-order valence-corrected chi connectivity index (χ4v) is 8.26. The largest absolute Gasteiger partial charge is 0.394 e. The first-order chi connectivity index (χ1) is 22.5. The Labute approximate surface area is 279 Å². The van der Waals surface area contributed by atoms with Crippen molar-refractivity contribution < 1.29 is 24.2 Å². The average molecular weight is 643 g/mol. The first kappa shape index (κ1) is 34.4. The lowest BCUT2D eigenvalue weighted by molar-refractivity contribution is -0.149. The standard InChI is InChI=1S/C38H50N4O5/c1-8-23-40(28-15-13-12-14-16-28)34(44)31-32-35(45)42(30(25-43)26(5)6)33(38(32)22-21-37(31,7)47-38)36(46)41(24-9-2)29-19-17-27(18-20-29)39(10-3)11-4/h8-9,12-20,26,30-33,43H,1-2,10-11,21-25H2,3-7H3/t30-,31-,32-,33?,37+,38?/m0/s1. The van der Waals surface area contributed by atoms with Gasteiger partial charge in [0.15, 0.2) is 0 Å². The van der Waals surface area contributed by atoms with Crippen LogP contribution in [-0.4, -0.2) is 83.8 Å². The van der Waals surface area contributed by atoms with Gasteiger partial charge in [-0.3, -0.25) is 14.4 Å². The molecule has 9 heteroatoms. The molecule has 0 aliphatic carbocycles. The third-order valence-corrected chi connectivity index (χ3v) is 10.5. The Hall–Kier alpha value is -3.95. The van der Waals surface area contributed by atoms with Gasteiger partial charge in [0.05, 0.1) is 30.1 Å². The van der Waals surface area contributed by atoms with Crippen molar-refractivity contribution in [2.75, 3.05) is 47.5 Å². The third kappa shape index (κ3) is 5.67. The molecule has 2 aromatic rings. The molecule has 3 fully saturated rings. The lowest BCUT2D eigenvalue weighted by Crippen LogP contribution is -2.60. The smallest absolute Gasteiger partial charge is 0.253 e. The second kappa shape index (κ2) is 13.6. The van der Waals surface area contributed by atoms with Crippen LogP contribution in [0.1, 0.15) is 47.5 Å². The van der Waals surface area contributed by atoms with Crippen LogP contribution >= 0.6 is 0 Å². The van der Waals surface area contributed by atoms with Gasteiger partial charge in [-0.05, 0) is 75.9 Å². The molecule has 0 radical (unpaired) electrons. The van der Waals surface area contributed by atoms with E-state index in [1.165, 1.54) is 0 Å². The molecule has 2 unspecified atom stereocenters. The summed E-state index contributed by atoms with van der Waals surface area (Å²) in [5.41, 5.74) is 0.250. The van der Waals surface area contributed by atoms with E-state index in [1.54, 1.807) is 26.9 Å². The zero-order valence-corrected chi connectivity index (χ0v) is 28.5. The van der Waals surface area contributed by atoms with Gasteiger partial charge in [0.1, 0.15) is 11.6 Å². The molecule has 3 amide bonds. The molecule has 47 heavy (non-hydrogen) atoms. The zero-order valence-electron chi connectivity index (χ0n) is 28.5. The number of aliphatic hydroxyl groups excluding tert-OH is 1. The minimum Gasteiger partial charge on any atom is -0.394 e. The predicted octanol–water partition coefficient (Wildman–Crippen LogP) is 5.05. The van der Waals surface area contributed by atoms with Crippen LogP contribution in [0.4, 0.5) is 17.1 Å². The molecule has 6 atom stereocenters. The quantitative estimate of drug-likeness (QED) is 0.290. The molecule has 1 N–H and O–H groups in total. The number of likely N-dealkylation sites (tertiary alicyclic amines) is 1. The van der Waals surface area contributed by atoms with E-state index in [9.17, 15) is 14.7 Å². The van der Waals surface area contributed by atoms with Crippen LogP contribution < -0.4 is 14.7 Å². The molecule has 9 nitrogen and oxygen atoms in total. The van der Waals surface area contributed by atoms with Gasteiger partial charge in [0.25, 0.3) is 5.91 Å². The summed E-state index contributed by atoms with van der Waals surface area (Å²) in [4.78, 5) is 51.6. The van der Waals surface area contributed by atoms with Gasteiger partial charge in [-0.1, -0.05) is 44.2 Å². The maximum Gasteiger partial charge on any atom is 0.253 e. The van der Waals surface area contributed by atoms with E-state index >= 15 is 4.79 Å². The second-order valence-corrected chi connectivity index (χ2v) is 13.5. The molecule has 3 heterocycles. The summed E-state index contributed by atoms with van der Waals surface area (Å²) in [5.74, 6) is -2.72. The summed E-state index contributed by atoms with van der Waals surface area (Å²) < 4.78 is 6.92. The molecule has 3 saturated heterocycles. The van der Waals surface area contributed by atoms with Crippen molar-refractivity contribution in [1.29, 1.82) is 0 Å². The number of para-hydroxylation sites is 1. The summed E-state index contributed by atoms with van der Waals surface area (Å²) in [7, 11) is 0. The lowest BCUT2D eigenvalue weighted by atomic mass is 9.66. The molecule has 1 spiro atoms. The SMILES string of the molecule is C=CCN(C(=O)C1N([C@@H](CO)C(C)C)C(=O)[C@@H]2[C@@H](C(=O)N(CC=C)c3ccccc3)[C@@]3(C)CCC12O3)c1ccc(N(CC)CC)cc1. The van der Waals surface area contributed by atoms with Crippen LogP contribution in [0.3, 0.4) is 0 Å². The Kier molecular flexibility index (Phi) is 9.99. The van der Waals surface area contributed by atoms with Crippen LogP contribution in [0.15, 0.2) is 79.9 Å². The maximum atomic E-state index is 15.0. The average Bonchev–Trinajstić information content (AvgIpc) is 3.64. The lowest BCUT2D eigenvalue weighted by Gasteiger charge is -2.40. The molecule has 0 saturated carbocycles. The predicted molar refractivity (Wildman–Crippen MR) is 186 cm³/mol. The van der Waals surface area contributed by atoms with E-state index in [4.69, 9.17) is 4.74 Å². The molecule has 3 aliphatic rings. The van der Waals surface area contributed by atoms with Crippen LogP contribution in [0.25, 0.3) is 0 Å². The molecule has 5 rings (SSSR count). The van der Waals surface area contributed by atoms with Crippen molar-refractivity contribution >= 4 is 34.8 Å². The summed E-state index contributed by atoms with van der Waals surface area (Å²) in [6.07, 6.45) is 4.31. The van der Waals surface area contributed by atoms with Crippen molar-refractivity contribution in [3.8, 4) is 0 Å². The molecule has 0 aromatic heterocycles. The normalized spacial score (nSPS) is 26.7. The number of ether oxygens (including phenoxy) is 1. The van der Waals surface area contributed by atoms with Gasteiger partial charge in [-0.2, -0.15) is 0 Å². The Morgan fingerprint density at radius 2 is 1.49 bits per heavy atom. The van der Waals surface area contributed by atoms with Crippen molar-refractivity contribution in [2.24, 2.45) is 17.8 Å². The fourth-order valence-electron chi connectivity index (χ4n) is 8.26. The zero-order chi connectivity index (χ0) is 34.1. The molecule has 2 bridgehead atoms. The molecule has 2 aromatic carbocycles. The Morgan fingerprint density at radius 1 is 0.936 bits per heavy atom. The van der Waals surface area contributed by atoms with Gasteiger partial charge in [0.2, 0.25) is 11.8 Å². The summed E-state index contributed by atoms with van der Waals surface area (Å²) in [6, 6.07) is 15.5. The van der Waals surface area contributed by atoms with Crippen molar-refractivity contribution in [1.82, 2.24) is 4.90 Å². The number of benzene rings is 2. The highest BCUT2D eigenvalue weighted by Gasteiger charge is 2.79. The van der Waals surface area contributed by atoms with E-state index in [1.807, 2.05) is 75.4 Å². The number of nitrogens with zero attached hydrogens (tertiary/aromatic N) is 4. The Bertz CT molecular complexity index is 1470. The number of fused-ring (bicyclic) bond motifs is 1. The van der Waals surface area contributed by atoms with Crippen LogP contribution in [0.2, 0.25) is 0 Å². The van der Waals surface area contributed by atoms with Crippen molar-refractivity contribution in [2.45, 2.75) is 70.7 Å². The topological polar surface area (TPSA) is 93.6 Å². The monoisotopic (exact) mass is 642 g/mol. The van der Waals surface area contributed by atoms with Gasteiger partial charge >= 0.3 is 0 Å². The number of carbonyl (C=O) groups is 3. The van der Waals surface area contributed by atoms with Crippen LogP contribution in [0, 0.1) is 17.8 Å².